The number of aromatic hydroxyl groups is 2. The van der Waals surface area contributed by atoms with E-state index in [9.17, 15) is 19.4 Å². The molecule has 0 saturated carbocycles. The molecule has 0 radical (unpaired) electrons. The van der Waals surface area contributed by atoms with E-state index in [1.54, 1.807) is 24.3 Å². The molecule has 0 spiro atoms. The maximum absolute atomic E-state index is 13.8. The van der Waals surface area contributed by atoms with Gasteiger partial charge in [0.15, 0.2) is 23.1 Å². The van der Waals surface area contributed by atoms with E-state index < -0.39 is 11.8 Å². The fourth-order valence-electron chi connectivity index (χ4n) is 2.82. The van der Waals surface area contributed by atoms with Gasteiger partial charge in [-0.25, -0.2) is 9.18 Å². The van der Waals surface area contributed by atoms with Gasteiger partial charge in [-0.05, 0) is 36.2 Å². The van der Waals surface area contributed by atoms with Crippen molar-refractivity contribution in [1.82, 2.24) is 0 Å². The van der Waals surface area contributed by atoms with Crippen molar-refractivity contribution in [1.29, 1.82) is 0 Å². The first-order chi connectivity index (χ1) is 12.0. The average molecular weight is 340 g/mol. The first-order valence-electron chi connectivity index (χ1n) is 7.96. The van der Waals surface area contributed by atoms with Gasteiger partial charge in [0.05, 0.1) is 5.56 Å². The Labute approximate surface area is 144 Å². The molecule has 0 aromatic heterocycles. The van der Waals surface area contributed by atoms with Gasteiger partial charge < -0.3 is 14.9 Å². The van der Waals surface area contributed by atoms with Crippen molar-refractivity contribution in [3.05, 3.63) is 65.5 Å². The van der Waals surface area contributed by atoms with Crippen LogP contribution < -0.4 is 4.74 Å². The third kappa shape index (κ3) is 3.13. The smallest absolute Gasteiger partial charge is 0.344 e. The van der Waals surface area contributed by atoms with E-state index in [4.69, 9.17) is 4.74 Å². The summed E-state index contributed by atoms with van der Waals surface area (Å²) in [7, 11) is 0. The van der Waals surface area contributed by atoms with Gasteiger partial charge in [0.2, 0.25) is 0 Å². The predicted octanol–water partition coefficient (Wildman–Crippen LogP) is 4.56. The normalized spacial score (nSPS) is 10.8. The molecule has 128 valence electrons. The average Bonchev–Trinajstić information content (AvgIpc) is 2.60. The van der Waals surface area contributed by atoms with Gasteiger partial charge >= 0.3 is 5.97 Å². The third-order valence-electron chi connectivity index (χ3n) is 4.00. The lowest BCUT2D eigenvalue weighted by atomic mass is 9.95. The Morgan fingerprint density at radius 2 is 1.76 bits per heavy atom. The van der Waals surface area contributed by atoms with E-state index in [1.807, 2.05) is 6.92 Å². The second-order valence-corrected chi connectivity index (χ2v) is 5.70. The number of carbonyl (C=O) groups is 1. The van der Waals surface area contributed by atoms with E-state index in [1.165, 1.54) is 24.3 Å². The Kier molecular flexibility index (Phi) is 4.57. The number of aryl methyl sites for hydroxylation is 1. The molecular weight excluding hydrogens is 323 g/mol. The molecule has 0 aliphatic rings. The zero-order valence-electron chi connectivity index (χ0n) is 13.6. The van der Waals surface area contributed by atoms with Gasteiger partial charge in [-0.1, -0.05) is 37.6 Å². The topological polar surface area (TPSA) is 66.8 Å². The minimum atomic E-state index is -0.704. The van der Waals surface area contributed by atoms with Gasteiger partial charge in [0.1, 0.15) is 0 Å². The summed E-state index contributed by atoms with van der Waals surface area (Å²) in [5.41, 5.74) is 0.999. The van der Waals surface area contributed by atoms with Crippen LogP contribution in [0.15, 0.2) is 48.5 Å². The van der Waals surface area contributed by atoms with Crippen molar-refractivity contribution >= 4 is 16.7 Å². The van der Waals surface area contributed by atoms with Crippen LogP contribution in [0.25, 0.3) is 10.8 Å². The largest absolute Gasteiger partial charge is 0.504 e. The summed E-state index contributed by atoms with van der Waals surface area (Å²) in [5.74, 6) is -2.07. The number of esters is 1. The highest BCUT2D eigenvalue weighted by molar-refractivity contribution is 6.08. The first kappa shape index (κ1) is 16.8. The van der Waals surface area contributed by atoms with Crippen LogP contribution in [-0.2, 0) is 6.42 Å². The lowest BCUT2D eigenvalue weighted by Crippen LogP contribution is -2.13. The summed E-state index contributed by atoms with van der Waals surface area (Å²) in [4.78, 5) is 12.7. The Morgan fingerprint density at radius 1 is 1.04 bits per heavy atom. The second-order valence-electron chi connectivity index (χ2n) is 5.70. The predicted molar refractivity (Wildman–Crippen MR) is 92.6 cm³/mol. The van der Waals surface area contributed by atoms with Gasteiger partial charge in [-0.3, -0.25) is 0 Å². The monoisotopic (exact) mass is 340 g/mol. The SMILES string of the molecule is CCCc1ccc2c(O)c(O)ccc2c1C(=O)Oc1ccccc1F. The number of rotatable bonds is 4. The molecule has 3 rings (SSSR count). The molecule has 0 atom stereocenters. The molecule has 2 N–H and O–H groups in total. The number of benzene rings is 3. The van der Waals surface area contributed by atoms with E-state index >= 15 is 0 Å². The van der Waals surface area contributed by atoms with Crippen molar-refractivity contribution < 1.29 is 24.1 Å². The molecule has 0 aliphatic heterocycles. The number of phenols is 2. The molecule has 0 amide bonds. The highest BCUT2D eigenvalue weighted by atomic mass is 19.1. The minimum absolute atomic E-state index is 0.157. The molecule has 0 fully saturated rings. The van der Waals surface area contributed by atoms with Gasteiger partial charge in [-0.2, -0.15) is 0 Å². The number of hydrogen-bond acceptors (Lipinski definition) is 4. The van der Waals surface area contributed by atoms with Gasteiger partial charge in [-0.15, -0.1) is 0 Å². The molecule has 0 aliphatic carbocycles. The fourth-order valence-corrected chi connectivity index (χ4v) is 2.82. The Hall–Kier alpha value is -3.08. The van der Waals surface area contributed by atoms with Gasteiger partial charge in [0, 0.05) is 10.8 Å². The molecular formula is C20H17FO4. The zero-order chi connectivity index (χ0) is 18.0. The van der Waals surface area contributed by atoms with Crippen molar-refractivity contribution in [3.63, 3.8) is 0 Å². The molecule has 3 aromatic carbocycles. The summed E-state index contributed by atoms with van der Waals surface area (Å²) >= 11 is 0. The summed E-state index contributed by atoms with van der Waals surface area (Å²) in [6.45, 7) is 1.98. The molecule has 5 heteroatoms. The van der Waals surface area contributed by atoms with Crippen molar-refractivity contribution in [2.45, 2.75) is 19.8 Å². The highest BCUT2D eigenvalue weighted by Gasteiger charge is 2.20. The van der Waals surface area contributed by atoms with E-state index in [-0.39, 0.29) is 22.8 Å². The molecule has 0 bridgehead atoms. The third-order valence-corrected chi connectivity index (χ3v) is 4.00. The van der Waals surface area contributed by atoms with Crippen LogP contribution in [-0.4, -0.2) is 16.2 Å². The first-order valence-corrected chi connectivity index (χ1v) is 7.96. The second kappa shape index (κ2) is 6.81. The Bertz CT molecular complexity index is 950. The zero-order valence-corrected chi connectivity index (χ0v) is 13.6. The maximum atomic E-state index is 13.8. The van der Waals surface area contributed by atoms with Crippen molar-refractivity contribution in [2.24, 2.45) is 0 Å². The fraction of sp³-hybridized carbons (Fsp3) is 0.150. The lowest BCUT2D eigenvalue weighted by Gasteiger charge is -2.13. The van der Waals surface area contributed by atoms with Crippen LogP contribution in [0.2, 0.25) is 0 Å². The summed E-state index contributed by atoms with van der Waals surface area (Å²) in [6.07, 6.45) is 1.43. The number of hydrogen-bond donors (Lipinski definition) is 2. The standard InChI is InChI=1S/C20H17FO4/c1-2-5-12-8-9-14-13(10-11-16(22)19(14)23)18(12)20(24)25-17-7-4-3-6-15(17)21/h3-4,6-11,22-23H,2,5H2,1H3. The van der Waals surface area contributed by atoms with Crippen LogP contribution >= 0.6 is 0 Å². The van der Waals surface area contributed by atoms with E-state index in [0.29, 0.717) is 17.2 Å². The molecule has 4 nitrogen and oxygen atoms in total. The number of phenolic OH excluding ortho intramolecular Hbond substituents is 2. The molecule has 0 saturated heterocycles. The van der Waals surface area contributed by atoms with Crippen LogP contribution in [0.4, 0.5) is 4.39 Å². The number of ether oxygens (including phenoxy) is 1. The number of para-hydroxylation sites is 1. The molecule has 3 aromatic rings. The number of carbonyl (C=O) groups excluding carboxylic acids is 1. The van der Waals surface area contributed by atoms with E-state index in [2.05, 4.69) is 0 Å². The maximum Gasteiger partial charge on any atom is 0.344 e. The van der Waals surface area contributed by atoms with Gasteiger partial charge in [0.25, 0.3) is 0 Å². The van der Waals surface area contributed by atoms with Crippen LogP contribution in [0.1, 0.15) is 29.3 Å². The minimum Gasteiger partial charge on any atom is -0.504 e. The van der Waals surface area contributed by atoms with Crippen molar-refractivity contribution in [3.8, 4) is 17.2 Å². The number of halogens is 1. The van der Waals surface area contributed by atoms with Crippen LogP contribution in [0.3, 0.4) is 0 Å². The quantitative estimate of drug-likeness (QED) is 0.415. The van der Waals surface area contributed by atoms with Crippen LogP contribution in [0, 0.1) is 5.82 Å². The molecule has 0 heterocycles. The summed E-state index contributed by atoms with van der Waals surface area (Å²) < 4.78 is 19.0. The van der Waals surface area contributed by atoms with Crippen LogP contribution in [0.5, 0.6) is 17.2 Å². The van der Waals surface area contributed by atoms with E-state index in [0.717, 1.165) is 12.0 Å². The summed E-state index contributed by atoms with van der Waals surface area (Å²) in [6, 6.07) is 11.9. The Balaban J connectivity index is 2.15. The molecule has 25 heavy (non-hydrogen) atoms. The molecule has 0 unspecified atom stereocenters. The Morgan fingerprint density at radius 3 is 2.48 bits per heavy atom. The number of fused-ring (bicyclic) bond motifs is 1. The lowest BCUT2D eigenvalue weighted by molar-refractivity contribution is 0.0729. The van der Waals surface area contributed by atoms with Crippen molar-refractivity contribution in [2.75, 3.05) is 0 Å². The highest BCUT2D eigenvalue weighted by Crippen LogP contribution is 2.36. The summed E-state index contributed by atoms with van der Waals surface area (Å²) in [5, 5.41) is 20.5.